The molecule has 14 heteroatoms. The predicted octanol–water partition coefficient (Wildman–Crippen LogP) is 4.06. The van der Waals surface area contributed by atoms with E-state index >= 15 is 0 Å². The number of ether oxygens (including phenoxy) is 3. The van der Waals surface area contributed by atoms with Crippen LogP contribution in [0.15, 0.2) is 0 Å². The highest BCUT2D eigenvalue weighted by atomic mass is 19.4. The summed E-state index contributed by atoms with van der Waals surface area (Å²) in [6.45, 7) is 7.44. The van der Waals surface area contributed by atoms with Crippen molar-refractivity contribution in [1.29, 1.82) is 0 Å². The number of methoxy groups -OCH3 is 1. The summed E-state index contributed by atoms with van der Waals surface area (Å²) in [4.78, 5) is 36.9. The highest BCUT2D eigenvalue weighted by Gasteiger charge is 2.58. The summed E-state index contributed by atoms with van der Waals surface area (Å²) in [6, 6.07) is 0. The summed E-state index contributed by atoms with van der Waals surface area (Å²) in [5.41, 5.74) is -4.04. The molecule has 0 heterocycles. The summed E-state index contributed by atoms with van der Waals surface area (Å²) >= 11 is 0. The van der Waals surface area contributed by atoms with E-state index in [9.17, 15) is 40.7 Å². The molecule has 0 aromatic carbocycles. The topological polar surface area (TPSA) is 103 Å². The Morgan fingerprint density at radius 1 is 0.857 bits per heavy atom. The fourth-order valence-electron chi connectivity index (χ4n) is 2.57. The van der Waals surface area contributed by atoms with E-state index in [0.717, 1.165) is 0 Å². The van der Waals surface area contributed by atoms with Crippen molar-refractivity contribution in [3.05, 3.63) is 0 Å². The van der Waals surface area contributed by atoms with E-state index in [4.69, 9.17) is 9.47 Å². The second kappa shape index (κ2) is 12.2. The number of nitrogens with one attached hydrogen (secondary N) is 2. The minimum absolute atomic E-state index is 0.109. The first-order chi connectivity index (χ1) is 15.5. The molecule has 0 rings (SSSR count). The summed E-state index contributed by atoms with van der Waals surface area (Å²) < 4.78 is 90.5. The number of ketones is 1. The Bertz CT molecular complexity index is 719. The van der Waals surface area contributed by atoms with Gasteiger partial charge in [0.15, 0.2) is 5.78 Å². The van der Waals surface area contributed by atoms with Crippen molar-refractivity contribution in [2.75, 3.05) is 20.3 Å². The maximum absolute atomic E-state index is 12.7. The van der Waals surface area contributed by atoms with Gasteiger partial charge in [0.05, 0.1) is 5.54 Å². The van der Waals surface area contributed by atoms with E-state index in [1.54, 1.807) is 20.8 Å². The first-order valence-corrected chi connectivity index (χ1v) is 10.7. The lowest BCUT2D eigenvalue weighted by Crippen LogP contribution is -2.59. The molecule has 1 unspecified atom stereocenters. The van der Waals surface area contributed by atoms with Gasteiger partial charge >= 0.3 is 18.4 Å². The van der Waals surface area contributed by atoms with Crippen molar-refractivity contribution in [2.45, 2.75) is 96.0 Å². The number of rotatable bonds is 12. The molecule has 0 aliphatic carbocycles. The van der Waals surface area contributed by atoms with Crippen LogP contribution in [0.4, 0.5) is 31.1 Å². The van der Waals surface area contributed by atoms with Crippen LogP contribution in [0.2, 0.25) is 0 Å². The Morgan fingerprint density at radius 2 is 1.37 bits per heavy atom. The number of unbranched alkanes of at least 4 members (excludes halogenated alkanes) is 1. The molecule has 0 aromatic heterocycles. The molecule has 8 nitrogen and oxygen atoms in total. The SMILES string of the molecule is COC(C)(C)C(=O)NC(C)(CCCCNC(=O)OC(C)(C)C)C(=O)COC(C(F)(F)F)C(F)(F)F. The zero-order valence-electron chi connectivity index (χ0n) is 20.8. The Kier molecular flexibility index (Phi) is 11.5. The van der Waals surface area contributed by atoms with E-state index in [1.807, 2.05) is 0 Å². The number of Topliss-reactive ketones (excluding diaryl/α,β-unsaturated/α-hetero) is 1. The molecule has 0 saturated heterocycles. The molecule has 0 saturated carbocycles. The molecule has 0 aromatic rings. The molecule has 0 aliphatic heterocycles. The maximum atomic E-state index is 12.7. The fraction of sp³-hybridized carbons (Fsp3) is 0.857. The van der Waals surface area contributed by atoms with Gasteiger partial charge in [0.25, 0.3) is 5.91 Å². The third-order valence-electron chi connectivity index (χ3n) is 4.81. The number of halogens is 6. The van der Waals surface area contributed by atoms with Crippen LogP contribution in [0, 0.1) is 0 Å². The van der Waals surface area contributed by atoms with Gasteiger partial charge in [-0.15, -0.1) is 0 Å². The Labute approximate surface area is 200 Å². The van der Waals surface area contributed by atoms with E-state index in [0.29, 0.717) is 0 Å². The Hall–Kier alpha value is -2.09. The number of alkyl carbamates (subject to hydrolysis) is 1. The molecule has 2 amide bonds. The van der Waals surface area contributed by atoms with Crippen LogP contribution < -0.4 is 10.6 Å². The lowest BCUT2D eigenvalue weighted by molar-refractivity contribution is -0.320. The van der Waals surface area contributed by atoms with Gasteiger partial charge in [0.1, 0.15) is 17.8 Å². The lowest BCUT2D eigenvalue weighted by Gasteiger charge is -2.34. The standard InChI is InChI=1S/C21H34F6N2O6/c1-17(2,3)35-16(32)28-11-9-8-10-19(6,29-15(31)18(4,5)33-7)13(30)12-34-14(20(22,23)24)21(25,26)27/h14H,8-12H2,1-7H3,(H,28,32)(H,29,31). The summed E-state index contributed by atoms with van der Waals surface area (Å²) in [5.74, 6) is -2.01. The third kappa shape index (κ3) is 11.9. The third-order valence-corrected chi connectivity index (χ3v) is 4.81. The zero-order chi connectivity index (χ0) is 27.9. The van der Waals surface area contributed by atoms with Crippen LogP contribution in [0.1, 0.15) is 60.8 Å². The molecule has 1 atom stereocenters. The molecular weight excluding hydrogens is 490 g/mol. The van der Waals surface area contributed by atoms with Crippen molar-refractivity contribution in [3.63, 3.8) is 0 Å². The van der Waals surface area contributed by atoms with Gasteiger partial charge in [0, 0.05) is 13.7 Å². The molecule has 0 radical (unpaired) electrons. The number of hydrogen-bond acceptors (Lipinski definition) is 6. The van der Waals surface area contributed by atoms with Gasteiger partial charge in [-0.2, -0.15) is 26.3 Å². The molecular formula is C21H34F6N2O6. The van der Waals surface area contributed by atoms with Crippen molar-refractivity contribution in [1.82, 2.24) is 10.6 Å². The van der Waals surface area contributed by atoms with Crippen LogP contribution in [-0.2, 0) is 23.8 Å². The van der Waals surface area contributed by atoms with Gasteiger partial charge in [-0.05, 0) is 60.8 Å². The zero-order valence-corrected chi connectivity index (χ0v) is 20.8. The first kappa shape index (κ1) is 32.9. The number of carbonyl (C=O) groups is 3. The normalized spacial score (nSPS) is 14.9. The van der Waals surface area contributed by atoms with Gasteiger partial charge in [-0.1, -0.05) is 0 Å². The van der Waals surface area contributed by atoms with Gasteiger partial charge in [0.2, 0.25) is 6.10 Å². The van der Waals surface area contributed by atoms with Gasteiger partial charge in [-0.25, -0.2) is 4.79 Å². The highest BCUT2D eigenvalue weighted by molar-refractivity contribution is 5.95. The molecule has 206 valence electrons. The molecule has 2 N–H and O–H groups in total. The van der Waals surface area contributed by atoms with Crippen LogP contribution in [-0.4, -0.2) is 73.2 Å². The second-order valence-corrected chi connectivity index (χ2v) is 9.58. The fourth-order valence-corrected chi connectivity index (χ4v) is 2.57. The number of alkyl halides is 6. The van der Waals surface area contributed by atoms with Crippen LogP contribution in [0.3, 0.4) is 0 Å². The molecule has 0 spiro atoms. The van der Waals surface area contributed by atoms with Crippen molar-refractivity contribution in [2.24, 2.45) is 0 Å². The molecule has 0 aliphatic rings. The predicted molar refractivity (Wildman–Crippen MR) is 113 cm³/mol. The largest absolute Gasteiger partial charge is 0.444 e. The van der Waals surface area contributed by atoms with E-state index in [2.05, 4.69) is 15.4 Å². The van der Waals surface area contributed by atoms with Crippen molar-refractivity contribution in [3.8, 4) is 0 Å². The Balaban J connectivity index is 5.35. The first-order valence-electron chi connectivity index (χ1n) is 10.7. The second-order valence-electron chi connectivity index (χ2n) is 9.58. The Morgan fingerprint density at radius 3 is 1.80 bits per heavy atom. The minimum atomic E-state index is -5.79. The smallest absolute Gasteiger partial charge is 0.423 e. The number of amides is 2. The number of hydrogen-bond donors (Lipinski definition) is 2. The van der Waals surface area contributed by atoms with Crippen LogP contribution in [0.25, 0.3) is 0 Å². The maximum Gasteiger partial charge on any atom is 0.423 e. The van der Waals surface area contributed by atoms with Gasteiger partial charge in [-0.3, -0.25) is 9.59 Å². The summed E-state index contributed by atoms with van der Waals surface area (Å²) in [6.07, 6.45) is -16.2. The lowest BCUT2D eigenvalue weighted by atomic mass is 9.89. The van der Waals surface area contributed by atoms with Crippen molar-refractivity contribution >= 4 is 17.8 Å². The highest BCUT2D eigenvalue weighted by Crippen LogP contribution is 2.36. The molecule has 0 fully saturated rings. The summed E-state index contributed by atoms with van der Waals surface area (Å²) in [7, 11) is 1.21. The summed E-state index contributed by atoms with van der Waals surface area (Å²) in [5, 5.41) is 4.82. The number of carbonyl (C=O) groups excluding carboxylic acids is 3. The van der Waals surface area contributed by atoms with E-state index in [-0.39, 0.29) is 25.8 Å². The average Bonchev–Trinajstić information content (AvgIpc) is 2.63. The molecule has 0 bridgehead atoms. The van der Waals surface area contributed by atoms with Crippen molar-refractivity contribution < 1.29 is 54.9 Å². The monoisotopic (exact) mass is 524 g/mol. The quantitative estimate of drug-likeness (QED) is 0.295. The average molecular weight is 524 g/mol. The van der Waals surface area contributed by atoms with Crippen LogP contribution in [0.5, 0.6) is 0 Å². The van der Waals surface area contributed by atoms with E-state index < -0.39 is 59.6 Å². The van der Waals surface area contributed by atoms with Crippen LogP contribution >= 0.6 is 0 Å². The molecule has 35 heavy (non-hydrogen) atoms. The van der Waals surface area contributed by atoms with Gasteiger partial charge < -0.3 is 24.8 Å². The van der Waals surface area contributed by atoms with E-state index in [1.165, 1.54) is 27.9 Å². The minimum Gasteiger partial charge on any atom is -0.444 e.